The predicted molar refractivity (Wildman–Crippen MR) is 74.6 cm³/mol. The van der Waals surface area contributed by atoms with Crippen molar-refractivity contribution in [2.75, 3.05) is 26.2 Å². The third kappa shape index (κ3) is 3.31. The summed E-state index contributed by atoms with van der Waals surface area (Å²) in [6.45, 7) is 5.54. The molecule has 1 heterocycles. The summed E-state index contributed by atoms with van der Waals surface area (Å²) in [5.74, 6) is 0. The van der Waals surface area contributed by atoms with Crippen molar-refractivity contribution in [1.29, 1.82) is 0 Å². The minimum Gasteiger partial charge on any atom is -0.388 e. The van der Waals surface area contributed by atoms with E-state index in [0.29, 0.717) is 6.54 Å². The van der Waals surface area contributed by atoms with E-state index < -0.39 is 5.60 Å². The average Bonchev–Trinajstić information content (AvgIpc) is 2.40. The van der Waals surface area contributed by atoms with Crippen LogP contribution in [-0.4, -0.2) is 41.8 Å². The molecule has 0 aromatic heterocycles. The molecule has 1 aliphatic rings. The summed E-state index contributed by atoms with van der Waals surface area (Å²) in [5.41, 5.74) is 7.78. The van der Waals surface area contributed by atoms with Gasteiger partial charge in [-0.3, -0.25) is 0 Å². The van der Waals surface area contributed by atoms with Crippen LogP contribution in [0.15, 0.2) is 24.3 Å². The normalized spacial score (nSPS) is 19.9. The zero-order chi connectivity index (χ0) is 13.0. The number of benzene rings is 1. The fraction of sp³-hybridized carbons (Fsp3) is 0.600. The second-order valence-corrected chi connectivity index (χ2v) is 5.45. The Morgan fingerprint density at radius 3 is 2.56 bits per heavy atom. The highest BCUT2D eigenvalue weighted by atomic mass is 16.3. The Bertz CT molecular complexity index is 384. The second-order valence-electron chi connectivity index (χ2n) is 5.45. The molecule has 1 saturated heterocycles. The molecule has 1 aromatic rings. The molecule has 0 bridgehead atoms. The number of piperidine rings is 1. The van der Waals surface area contributed by atoms with Crippen LogP contribution in [0.2, 0.25) is 0 Å². The van der Waals surface area contributed by atoms with Crippen molar-refractivity contribution in [2.24, 2.45) is 5.73 Å². The zero-order valence-electron chi connectivity index (χ0n) is 11.2. The summed E-state index contributed by atoms with van der Waals surface area (Å²) in [6.07, 6.45) is 2.70. The highest BCUT2D eigenvalue weighted by molar-refractivity contribution is 5.25. The molecule has 100 valence electrons. The number of aliphatic hydroxyl groups is 1. The number of nitrogens with two attached hydrogens (primary N) is 1. The Balaban J connectivity index is 1.81. The molecule has 18 heavy (non-hydrogen) atoms. The standard InChI is InChI=1S/C15H24N2O/c1-13-4-2-3-5-14(13)6-9-17-10-7-15(18,12-16)8-11-17/h2-5,18H,6-12,16H2,1H3. The average molecular weight is 248 g/mol. The lowest BCUT2D eigenvalue weighted by Crippen LogP contribution is -2.49. The zero-order valence-corrected chi connectivity index (χ0v) is 11.2. The van der Waals surface area contributed by atoms with Crippen LogP contribution in [0.1, 0.15) is 24.0 Å². The van der Waals surface area contributed by atoms with Gasteiger partial charge in [-0.1, -0.05) is 24.3 Å². The molecular weight excluding hydrogens is 224 g/mol. The molecule has 3 N–H and O–H groups in total. The molecule has 0 radical (unpaired) electrons. The first kappa shape index (κ1) is 13.5. The van der Waals surface area contributed by atoms with E-state index in [2.05, 4.69) is 36.1 Å². The van der Waals surface area contributed by atoms with Gasteiger partial charge in [0.15, 0.2) is 0 Å². The molecule has 3 nitrogen and oxygen atoms in total. The van der Waals surface area contributed by atoms with Crippen molar-refractivity contribution in [3.8, 4) is 0 Å². The molecule has 0 unspecified atom stereocenters. The van der Waals surface area contributed by atoms with E-state index in [1.165, 1.54) is 11.1 Å². The van der Waals surface area contributed by atoms with Gasteiger partial charge in [0.1, 0.15) is 0 Å². The van der Waals surface area contributed by atoms with Gasteiger partial charge in [0.2, 0.25) is 0 Å². The Morgan fingerprint density at radius 1 is 1.28 bits per heavy atom. The number of hydrogen-bond acceptors (Lipinski definition) is 3. The summed E-state index contributed by atoms with van der Waals surface area (Å²) < 4.78 is 0. The van der Waals surface area contributed by atoms with E-state index >= 15 is 0 Å². The number of nitrogens with zero attached hydrogens (tertiary/aromatic N) is 1. The van der Waals surface area contributed by atoms with Crippen LogP contribution in [0.5, 0.6) is 0 Å². The molecule has 0 amide bonds. The molecular formula is C15H24N2O. The van der Waals surface area contributed by atoms with E-state index in [1.807, 2.05) is 0 Å². The van der Waals surface area contributed by atoms with Crippen LogP contribution in [0.4, 0.5) is 0 Å². The number of likely N-dealkylation sites (tertiary alicyclic amines) is 1. The summed E-state index contributed by atoms with van der Waals surface area (Å²) in [7, 11) is 0. The number of aryl methyl sites for hydroxylation is 1. The van der Waals surface area contributed by atoms with Crippen molar-refractivity contribution in [1.82, 2.24) is 4.90 Å². The summed E-state index contributed by atoms with van der Waals surface area (Å²) >= 11 is 0. The molecule has 0 aliphatic carbocycles. The minimum absolute atomic E-state index is 0.388. The highest BCUT2D eigenvalue weighted by Crippen LogP contribution is 2.21. The van der Waals surface area contributed by atoms with Crippen molar-refractivity contribution in [3.63, 3.8) is 0 Å². The summed E-state index contributed by atoms with van der Waals surface area (Å²) in [4.78, 5) is 2.43. The van der Waals surface area contributed by atoms with Gasteiger partial charge in [0, 0.05) is 26.2 Å². The fourth-order valence-corrected chi connectivity index (χ4v) is 2.57. The largest absolute Gasteiger partial charge is 0.388 e. The molecule has 3 heteroatoms. The maximum Gasteiger partial charge on any atom is 0.0793 e. The fourth-order valence-electron chi connectivity index (χ4n) is 2.57. The molecule has 2 rings (SSSR count). The van der Waals surface area contributed by atoms with Crippen molar-refractivity contribution in [3.05, 3.63) is 35.4 Å². The maximum absolute atomic E-state index is 10.1. The van der Waals surface area contributed by atoms with E-state index in [0.717, 1.165) is 38.9 Å². The van der Waals surface area contributed by atoms with Gasteiger partial charge in [0.25, 0.3) is 0 Å². The van der Waals surface area contributed by atoms with Gasteiger partial charge < -0.3 is 15.7 Å². The molecule has 1 aromatic carbocycles. The lowest BCUT2D eigenvalue weighted by Gasteiger charge is -2.37. The van der Waals surface area contributed by atoms with E-state index in [4.69, 9.17) is 5.73 Å². The first-order valence-electron chi connectivity index (χ1n) is 6.82. The molecule has 0 atom stereocenters. The van der Waals surface area contributed by atoms with Crippen LogP contribution in [0.3, 0.4) is 0 Å². The third-order valence-corrected chi connectivity index (χ3v) is 4.13. The van der Waals surface area contributed by atoms with Gasteiger partial charge in [-0.15, -0.1) is 0 Å². The molecule has 0 saturated carbocycles. The van der Waals surface area contributed by atoms with Gasteiger partial charge in [-0.2, -0.15) is 0 Å². The van der Waals surface area contributed by atoms with Crippen LogP contribution in [0.25, 0.3) is 0 Å². The lowest BCUT2D eigenvalue weighted by atomic mass is 9.91. The SMILES string of the molecule is Cc1ccccc1CCN1CCC(O)(CN)CC1. The first-order valence-corrected chi connectivity index (χ1v) is 6.82. The van der Waals surface area contributed by atoms with Crippen LogP contribution >= 0.6 is 0 Å². The van der Waals surface area contributed by atoms with E-state index in [1.54, 1.807) is 0 Å². The smallest absolute Gasteiger partial charge is 0.0793 e. The quantitative estimate of drug-likeness (QED) is 0.845. The van der Waals surface area contributed by atoms with Gasteiger partial charge >= 0.3 is 0 Å². The highest BCUT2D eigenvalue weighted by Gasteiger charge is 2.30. The van der Waals surface area contributed by atoms with E-state index in [-0.39, 0.29) is 0 Å². The number of rotatable bonds is 4. The Labute approximate surface area is 110 Å². The second kappa shape index (κ2) is 5.83. The topological polar surface area (TPSA) is 49.5 Å². The van der Waals surface area contributed by atoms with Gasteiger partial charge in [-0.25, -0.2) is 0 Å². The Kier molecular flexibility index (Phi) is 4.38. The van der Waals surface area contributed by atoms with Gasteiger partial charge in [0.05, 0.1) is 5.60 Å². The van der Waals surface area contributed by atoms with Crippen molar-refractivity contribution < 1.29 is 5.11 Å². The first-order chi connectivity index (χ1) is 8.63. The van der Waals surface area contributed by atoms with Crippen LogP contribution in [0, 0.1) is 6.92 Å². The summed E-state index contributed by atoms with van der Waals surface area (Å²) in [5, 5.41) is 10.1. The minimum atomic E-state index is -0.612. The van der Waals surface area contributed by atoms with Crippen LogP contribution < -0.4 is 5.73 Å². The van der Waals surface area contributed by atoms with E-state index in [9.17, 15) is 5.11 Å². The maximum atomic E-state index is 10.1. The van der Waals surface area contributed by atoms with Crippen molar-refractivity contribution in [2.45, 2.75) is 31.8 Å². The van der Waals surface area contributed by atoms with Gasteiger partial charge in [-0.05, 0) is 37.3 Å². The molecule has 0 spiro atoms. The lowest BCUT2D eigenvalue weighted by molar-refractivity contribution is -0.0130. The van der Waals surface area contributed by atoms with Crippen LogP contribution in [-0.2, 0) is 6.42 Å². The third-order valence-electron chi connectivity index (χ3n) is 4.13. The molecule has 1 fully saturated rings. The monoisotopic (exact) mass is 248 g/mol. The predicted octanol–water partition coefficient (Wildman–Crippen LogP) is 1.32. The molecule has 1 aliphatic heterocycles. The summed E-state index contributed by atoms with van der Waals surface area (Å²) in [6, 6.07) is 8.56. The van der Waals surface area contributed by atoms with Crippen molar-refractivity contribution >= 4 is 0 Å². The Hall–Kier alpha value is -0.900. The Morgan fingerprint density at radius 2 is 1.94 bits per heavy atom. The number of hydrogen-bond donors (Lipinski definition) is 2.